The number of carbonyl (C=O) groups is 1. The molecule has 32 heavy (non-hydrogen) atoms. The van der Waals surface area contributed by atoms with Crippen molar-refractivity contribution in [1.29, 1.82) is 0 Å². The molecule has 0 saturated carbocycles. The number of nitrogens with zero attached hydrogens (tertiary/aromatic N) is 2. The van der Waals surface area contributed by atoms with Gasteiger partial charge in [-0.05, 0) is 25.0 Å². The lowest BCUT2D eigenvalue weighted by molar-refractivity contribution is -0.172. The summed E-state index contributed by atoms with van der Waals surface area (Å²) in [6.07, 6.45) is 0.0566. The molecule has 8 nitrogen and oxygen atoms in total. The predicted octanol–water partition coefficient (Wildman–Crippen LogP) is 1.92. The summed E-state index contributed by atoms with van der Waals surface area (Å²) in [5.74, 6) is -0.794. The van der Waals surface area contributed by atoms with E-state index in [9.17, 15) is 19.1 Å². The lowest BCUT2D eigenvalue weighted by Gasteiger charge is -2.31. The highest BCUT2D eigenvalue weighted by Crippen LogP contribution is 2.46. The standard InChI is InChI=1S/C23H20FN3O5/c1-3-23(30)12-4-16-19-10(6-27(16)21(28)11(12)7-32-22(23)29)17-14(25)8-31-20-9(2)13(24)5-15(26-19)18(17)20/h4-5,14,30H,3,6-8,25H2,1-2H3/t14?,23-/m0/s1. The van der Waals surface area contributed by atoms with Crippen LogP contribution in [0.2, 0.25) is 0 Å². The summed E-state index contributed by atoms with van der Waals surface area (Å²) in [6, 6.07) is 2.51. The third kappa shape index (κ3) is 2.19. The van der Waals surface area contributed by atoms with Crippen LogP contribution in [0.15, 0.2) is 16.9 Å². The van der Waals surface area contributed by atoms with Crippen molar-refractivity contribution in [3.8, 4) is 17.1 Å². The molecule has 3 aromatic rings. The minimum Gasteiger partial charge on any atom is -0.491 e. The first-order valence-corrected chi connectivity index (χ1v) is 10.5. The second kappa shape index (κ2) is 6.14. The van der Waals surface area contributed by atoms with Crippen LogP contribution >= 0.6 is 0 Å². The second-order valence-electron chi connectivity index (χ2n) is 8.58. The molecule has 0 spiro atoms. The summed E-state index contributed by atoms with van der Waals surface area (Å²) in [6.45, 7) is 3.51. The molecule has 1 aromatic carbocycles. The minimum atomic E-state index is -1.91. The van der Waals surface area contributed by atoms with Gasteiger partial charge in [-0.2, -0.15) is 0 Å². The second-order valence-corrected chi connectivity index (χ2v) is 8.58. The number of fused-ring (bicyclic) bond motifs is 5. The fourth-order valence-electron chi connectivity index (χ4n) is 5.16. The highest BCUT2D eigenvalue weighted by molar-refractivity contribution is 5.95. The predicted molar refractivity (Wildman–Crippen MR) is 112 cm³/mol. The van der Waals surface area contributed by atoms with Crippen LogP contribution in [0.1, 0.15) is 47.2 Å². The highest BCUT2D eigenvalue weighted by atomic mass is 19.1. The lowest BCUT2D eigenvalue weighted by atomic mass is 9.86. The van der Waals surface area contributed by atoms with E-state index in [2.05, 4.69) is 4.98 Å². The van der Waals surface area contributed by atoms with Crippen LogP contribution < -0.4 is 16.0 Å². The van der Waals surface area contributed by atoms with Crippen molar-refractivity contribution in [2.45, 2.75) is 45.1 Å². The smallest absolute Gasteiger partial charge is 0.343 e. The summed E-state index contributed by atoms with van der Waals surface area (Å²) in [5.41, 5.74) is 7.92. The number of rotatable bonds is 1. The Morgan fingerprint density at radius 3 is 2.84 bits per heavy atom. The fraction of sp³-hybridized carbons (Fsp3) is 0.348. The van der Waals surface area contributed by atoms with Gasteiger partial charge in [-0.15, -0.1) is 0 Å². The van der Waals surface area contributed by atoms with E-state index in [0.717, 1.165) is 11.1 Å². The molecule has 3 aliphatic rings. The number of carbonyl (C=O) groups excluding carboxylic acids is 1. The van der Waals surface area contributed by atoms with Gasteiger partial charge in [0.2, 0.25) is 0 Å². The zero-order valence-electron chi connectivity index (χ0n) is 17.5. The molecule has 0 radical (unpaired) electrons. The number of hydrogen-bond donors (Lipinski definition) is 2. The van der Waals surface area contributed by atoms with Crippen LogP contribution in [0.5, 0.6) is 5.75 Å². The summed E-state index contributed by atoms with van der Waals surface area (Å²) < 4.78 is 27.0. The molecule has 0 bridgehead atoms. The van der Waals surface area contributed by atoms with Gasteiger partial charge in [0.15, 0.2) is 5.60 Å². The molecule has 1 unspecified atom stereocenters. The maximum atomic E-state index is 14.6. The molecule has 0 amide bonds. The number of aromatic nitrogens is 2. The van der Waals surface area contributed by atoms with Crippen LogP contribution in [-0.2, 0) is 28.3 Å². The number of halogens is 1. The van der Waals surface area contributed by atoms with Crippen molar-refractivity contribution in [2.24, 2.45) is 5.73 Å². The molecule has 3 N–H and O–H groups in total. The first-order valence-electron chi connectivity index (χ1n) is 10.5. The lowest BCUT2D eigenvalue weighted by Crippen LogP contribution is -2.44. The molecule has 9 heteroatoms. The third-order valence-electron chi connectivity index (χ3n) is 6.94. The van der Waals surface area contributed by atoms with Gasteiger partial charge in [0, 0.05) is 28.1 Å². The molecule has 2 atom stereocenters. The first-order chi connectivity index (χ1) is 15.3. The number of pyridine rings is 2. The van der Waals surface area contributed by atoms with Gasteiger partial charge in [0.1, 0.15) is 24.8 Å². The molecular weight excluding hydrogens is 417 g/mol. The van der Waals surface area contributed by atoms with Gasteiger partial charge in [-0.3, -0.25) is 4.79 Å². The van der Waals surface area contributed by atoms with Gasteiger partial charge in [0.05, 0.1) is 35.1 Å². The van der Waals surface area contributed by atoms with E-state index >= 15 is 0 Å². The number of hydrogen-bond acceptors (Lipinski definition) is 7. The monoisotopic (exact) mass is 437 g/mol. The maximum absolute atomic E-state index is 14.6. The van der Waals surface area contributed by atoms with Crippen molar-refractivity contribution in [3.05, 3.63) is 56.1 Å². The molecule has 0 aliphatic carbocycles. The van der Waals surface area contributed by atoms with Gasteiger partial charge < -0.3 is 24.9 Å². The molecule has 164 valence electrons. The minimum absolute atomic E-state index is 0.0566. The Bertz CT molecular complexity index is 1450. The normalized spacial score (nSPS) is 22.8. The average Bonchev–Trinajstić information content (AvgIpc) is 3.14. The maximum Gasteiger partial charge on any atom is 0.343 e. The number of cyclic esters (lactones) is 1. The SMILES string of the molecule is CC[C@@]1(O)C(=O)OCc2c1cc1n(c2=O)Cc2c-1nc1cc(F)c(C)c3c1c2C(N)CO3. The van der Waals surface area contributed by atoms with Gasteiger partial charge >= 0.3 is 5.97 Å². The van der Waals surface area contributed by atoms with Crippen LogP contribution in [0, 0.1) is 12.7 Å². The number of nitrogens with two attached hydrogens (primary N) is 1. The molecule has 0 fully saturated rings. The van der Waals surface area contributed by atoms with E-state index in [1.165, 1.54) is 6.07 Å². The van der Waals surface area contributed by atoms with Crippen molar-refractivity contribution < 1.29 is 23.8 Å². The van der Waals surface area contributed by atoms with E-state index < -0.39 is 23.4 Å². The zero-order valence-corrected chi connectivity index (χ0v) is 17.5. The van der Waals surface area contributed by atoms with Crippen LogP contribution in [-0.4, -0.2) is 27.2 Å². The average molecular weight is 437 g/mol. The Labute approximate surface area is 181 Å². The Morgan fingerprint density at radius 1 is 1.31 bits per heavy atom. The van der Waals surface area contributed by atoms with Crippen LogP contribution in [0.4, 0.5) is 4.39 Å². The quantitative estimate of drug-likeness (QED) is 0.437. The summed E-state index contributed by atoms with van der Waals surface area (Å²) in [4.78, 5) is 30.4. The largest absolute Gasteiger partial charge is 0.491 e. The number of ether oxygens (including phenoxy) is 2. The summed E-state index contributed by atoms with van der Waals surface area (Å²) in [5, 5.41) is 11.7. The van der Waals surface area contributed by atoms with E-state index in [0.29, 0.717) is 33.6 Å². The number of benzene rings is 1. The Balaban J connectivity index is 1.70. The number of aliphatic hydroxyl groups is 1. The topological polar surface area (TPSA) is 117 Å². The molecule has 0 saturated heterocycles. The molecule has 3 aliphatic heterocycles. The molecular formula is C23H20FN3O5. The fourth-order valence-corrected chi connectivity index (χ4v) is 5.16. The van der Waals surface area contributed by atoms with Gasteiger partial charge in [-0.1, -0.05) is 6.92 Å². The van der Waals surface area contributed by atoms with Crippen molar-refractivity contribution in [2.75, 3.05) is 6.61 Å². The van der Waals surface area contributed by atoms with Crippen LogP contribution in [0.3, 0.4) is 0 Å². The van der Waals surface area contributed by atoms with Crippen molar-refractivity contribution in [3.63, 3.8) is 0 Å². The zero-order chi connectivity index (χ0) is 22.5. The Hall–Kier alpha value is -3.30. The van der Waals surface area contributed by atoms with E-state index in [1.807, 2.05) is 0 Å². The molecule has 6 rings (SSSR count). The molecule has 2 aromatic heterocycles. The van der Waals surface area contributed by atoms with Crippen molar-refractivity contribution in [1.82, 2.24) is 9.55 Å². The van der Waals surface area contributed by atoms with E-state index in [-0.39, 0.29) is 42.9 Å². The first kappa shape index (κ1) is 19.4. The third-order valence-corrected chi connectivity index (χ3v) is 6.94. The van der Waals surface area contributed by atoms with E-state index in [4.69, 9.17) is 15.2 Å². The number of esters is 1. The summed E-state index contributed by atoms with van der Waals surface area (Å²) >= 11 is 0. The highest BCUT2D eigenvalue weighted by Gasteiger charge is 2.45. The Morgan fingerprint density at radius 2 is 2.09 bits per heavy atom. The summed E-state index contributed by atoms with van der Waals surface area (Å²) in [7, 11) is 0. The van der Waals surface area contributed by atoms with Crippen LogP contribution in [0.25, 0.3) is 22.3 Å². The van der Waals surface area contributed by atoms with Gasteiger partial charge in [-0.25, -0.2) is 14.2 Å². The van der Waals surface area contributed by atoms with E-state index in [1.54, 1.807) is 24.5 Å². The molecule has 5 heterocycles. The Kier molecular flexibility index (Phi) is 3.72. The van der Waals surface area contributed by atoms with Gasteiger partial charge in [0.25, 0.3) is 5.56 Å². The van der Waals surface area contributed by atoms with Crippen molar-refractivity contribution >= 4 is 16.9 Å².